The summed E-state index contributed by atoms with van der Waals surface area (Å²) in [4.78, 5) is 17.4. The van der Waals surface area contributed by atoms with E-state index in [9.17, 15) is 9.90 Å². The van der Waals surface area contributed by atoms with Crippen LogP contribution in [0.3, 0.4) is 0 Å². The first-order chi connectivity index (χ1) is 12.2. The molecule has 0 aliphatic heterocycles. The topological polar surface area (TPSA) is 53.4 Å². The van der Waals surface area contributed by atoms with E-state index in [0.29, 0.717) is 6.54 Å². The molecule has 1 aliphatic carbocycles. The average molecular weight is 330 g/mol. The van der Waals surface area contributed by atoms with Gasteiger partial charge in [0.05, 0.1) is 12.6 Å². The zero-order valence-corrected chi connectivity index (χ0v) is 13.9. The minimum absolute atomic E-state index is 0.170. The lowest BCUT2D eigenvalue weighted by Crippen LogP contribution is -2.27. The summed E-state index contributed by atoms with van der Waals surface area (Å²) in [7, 11) is 0. The summed E-state index contributed by atoms with van der Waals surface area (Å²) in [6.07, 6.45) is 2.47. The van der Waals surface area contributed by atoms with Crippen molar-refractivity contribution in [3.63, 3.8) is 0 Å². The van der Waals surface area contributed by atoms with E-state index in [1.165, 1.54) is 4.90 Å². The monoisotopic (exact) mass is 330 g/mol. The Bertz CT molecular complexity index is 923. The number of amides is 1. The minimum atomic E-state index is -0.906. The smallest absolute Gasteiger partial charge is 0.408 e. The Balaban J connectivity index is 1.71. The summed E-state index contributed by atoms with van der Waals surface area (Å²) < 4.78 is 0. The lowest BCUT2D eigenvalue weighted by molar-refractivity contribution is 0.137. The van der Waals surface area contributed by atoms with Gasteiger partial charge in [-0.25, -0.2) is 4.79 Å². The molecule has 4 nitrogen and oxygen atoms in total. The fourth-order valence-electron chi connectivity index (χ4n) is 3.45. The largest absolute Gasteiger partial charge is 0.465 e. The third-order valence-corrected chi connectivity index (χ3v) is 4.71. The fraction of sp³-hybridized carbons (Fsp3) is 0.143. The Morgan fingerprint density at radius 1 is 1.04 bits per heavy atom. The molecule has 4 heteroatoms. The Morgan fingerprint density at radius 3 is 2.44 bits per heavy atom. The van der Waals surface area contributed by atoms with Crippen LogP contribution in [0, 0.1) is 6.92 Å². The van der Waals surface area contributed by atoms with Gasteiger partial charge in [0.15, 0.2) is 0 Å². The van der Waals surface area contributed by atoms with Gasteiger partial charge in [0.25, 0.3) is 0 Å². The molecule has 124 valence electrons. The standard InChI is InChI=1S/C21H18N2O2/c1-14-7-8-17(16-5-3-2-4-6-16)19-18(14)20(19)23(21(24)25)13-15-9-11-22-12-10-15/h2-12,20H,13H2,1H3,(H,24,25). The second kappa shape index (κ2) is 6.06. The number of aryl methyl sites for hydroxylation is 1. The van der Waals surface area contributed by atoms with Crippen LogP contribution in [0.2, 0.25) is 0 Å². The van der Waals surface area contributed by atoms with Gasteiger partial charge in [-0.1, -0.05) is 42.5 Å². The summed E-state index contributed by atoms with van der Waals surface area (Å²) in [6.45, 7) is 2.39. The number of carboxylic acid groups (broad SMARTS) is 1. The van der Waals surface area contributed by atoms with Crippen LogP contribution in [0.5, 0.6) is 0 Å². The first kappa shape index (κ1) is 15.4. The van der Waals surface area contributed by atoms with Crippen LogP contribution in [-0.2, 0) is 6.54 Å². The van der Waals surface area contributed by atoms with Crippen molar-refractivity contribution < 1.29 is 9.90 Å². The van der Waals surface area contributed by atoms with E-state index in [4.69, 9.17) is 0 Å². The molecule has 1 N–H and O–H groups in total. The SMILES string of the molecule is Cc1ccc(-c2ccccc2)c2c1C2N(Cc1ccncc1)C(=O)O. The van der Waals surface area contributed by atoms with Crippen molar-refractivity contribution in [2.45, 2.75) is 19.5 Å². The molecule has 1 atom stereocenters. The predicted octanol–water partition coefficient (Wildman–Crippen LogP) is 4.64. The van der Waals surface area contributed by atoms with Crippen LogP contribution in [0.15, 0.2) is 67.0 Å². The maximum absolute atomic E-state index is 11.9. The summed E-state index contributed by atoms with van der Waals surface area (Å²) in [5.74, 6) is 0. The number of aromatic nitrogens is 1. The van der Waals surface area contributed by atoms with E-state index >= 15 is 0 Å². The molecule has 3 aromatic rings. The number of nitrogens with zero attached hydrogens (tertiary/aromatic N) is 2. The highest BCUT2D eigenvalue weighted by Gasteiger charge is 2.44. The van der Waals surface area contributed by atoms with Crippen molar-refractivity contribution in [3.05, 3.63) is 89.2 Å². The number of pyridine rings is 1. The van der Waals surface area contributed by atoms with Crippen LogP contribution in [-0.4, -0.2) is 21.1 Å². The maximum Gasteiger partial charge on any atom is 0.408 e. The summed E-state index contributed by atoms with van der Waals surface area (Å²) in [5.41, 5.74) is 6.58. The predicted molar refractivity (Wildman–Crippen MR) is 96.3 cm³/mol. The third kappa shape index (κ3) is 2.76. The molecule has 0 bridgehead atoms. The van der Waals surface area contributed by atoms with Crippen molar-refractivity contribution in [1.82, 2.24) is 9.88 Å². The summed E-state index contributed by atoms with van der Waals surface area (Å²) in [6, 6.07) is 17.8. The second-order valence-electron chi connectivity index (χ2n) is 6.29. The molecule has 25 heavy (non-hydrogen) atoms. The number of hydrogen-bond acceptors (Lipinski definition) is 2. The highest BCUT2D eigenvalue weighted by atomic mass is 16.4. The van der Waals surface area contributed by atoms with Gasteiger partial charge in [0.1, 0.15) is 0 Å². The Morgan fingerprint density at radius 2 is 1.76 bits per heavy atom. The molecule has 0 saturated carbocycles. The van der Waals surface area contributed by atoms with E-state index < -0.39 is 6.09 Å². The first-order valence-electron chi connectivity index (χ1n) is 8.24. The molecule has 0 spiro atoms. The van der Waals surface area contributed by atoms with Gasteiger partial charge in [-0.2, -0.15) is 0 Å². The second-order valence-corrected chi connectivity index (χ2v) is 6.29. The molecule has 1 unspecified atom stereocenters. The molecule has 1 amide bonds. The number of benzene rings is 2. The van der Waals surface area contributed by atoms with Crippen LogP contribution in [0.1, 0.15) is 28.3 Å². The van der Waals surface area contributed by atoms with Crippen LogP contribution < -0.4 is 0 Å². The average Bonchev–Trinajstić information content (AvgIpc) is 3.37. The molecule has 1 heterocycles. The van der Waals surface area contributed by atoms with Crippen molar-refractivity contribution in [3.8, 4) is 11.1 Å². The molecule has 0 radical (unpaired) electrons. The zero-order chi connectivity index (χ0) is 17.4. The number of rotatable bonds is 4. The van der Waals surface area contributed by atoms with E-state index in [0.717, 1.165) is 33.4 Å². The number of carbonyl (C=O) groups is 1. The lowest BCUT2D eigenvalue weighted by Gasteiger charge is -2.19. The van der Waals surface area contributed by atoms with Gasteiger partial charge in [-0.3, -0.25) is 9.88 Å². The molecule has 0 fully saturated rings. The molecular formula is C21H18N2O2. The quantitative estimate of drug-likeness (QED) is 0.758. The van der Waals surface area contributed by atoms with Crippen molar-refractivity contribution in [2.24, 2.45) is 0 Å². The number of fused-ring (bicyclic) bond motifs is 1. The van der Waals surface area contributed by atoms with Gasteiger partial charge in [0.2, 0.25) is 0 Å². The molecule has 2 aromatic carbocycles. The van der Waals surface area contributed by atoms with Gasteiger partial charge in [-0.05, 0) is 52.4 Å². The van der Waals surface area contributed by atoms with Gasteiger partial charge < -0.3 is 5.11 Å². The lowest BCUT2D eigenvalue weighted by atomic mass is 10.0. The minimum Gasteiger partial charge on any atom is -0.465 e. The first-order valence-corrected chi connectivity index (χ1v) is 8.24. The Hall–Kier alpha value is -3.14. The Kier molecular flexibility index (Phi) is 3.73. The highest BCUT2D eigenvalue weighted by molar-refractivity contribution is 5.81. The van der Waals surface area contributed by atoms with Crippen molar-refractivity contribution in [1.29, 1.82) is 0 Å². The van der Waals surface area contributed by atoms with Gasteiger partial charge in [0, 0.05) is 12.4 Å². The maximum atomic E-state index is 11.9. The Labute approximate surface area is 146 Å². The van der Waals surface area contributed by atoms with Gasteiger partial charge >= 0.3 is 6.09 Å². The third-order valence-electron chi connectivity index (χ3n) is 4.71. The fourth-order valence-corrected chi connectivity index (χ4v) is 3.45. The number of hydrogen-bond donors (Lipinski definition) is 1. The summed E-state index contributed by atoms with van der Waals surface area (Å²) in [5, 5.41) is 9.78. The van der Waals surface area contributed by atoms with Crippen LogP contribution in [0.4, 0.5) is 4.79 Å². The van der Waals surface area contributed by atoms with E-state index in [2.05, 4.69) is 29.2 Å². The van der Waals surface area contributed by atoms with Crippen LogP contribution >= 0.6 is 0 Å². The summed E-state index contributed by atoms with van der Waals surface area (Å²) >= 11 is 0. The zero-order valence-electron chi connectivity index (χ0n) is 13.9. The van der Waals surface area contributed by atoms with E-state index in [1.807, 2.05) is 37.3 Å². The van der Waals surface area contributed by atoms with Crippen LogP contribution in [0.25, 0.3) is 11.1 Å². The molecule has 0 saturated heterocycles. The van der Waals surface area contributed by atoms with Crippen molar-refractivity contribution in [2.75, 3.05) is 0 Å². The molecule has 4 rings (SSSR count). The normalized spacial score (nSPS) is 14.7. The van der Waals surface area contributed by atoms with E-state index in [1.54, 1.807) is 12.4 Å². The molecular weight excluding hydrogens is 312 g/mol. The molecule has 1 aromatic heterocycles. The highest BCUT2D eigenvalue weighted by Crippen LogP contribution is 2.53. The van der Waals surface area contributed by atoms with Gasteiger partial charge in [-0.15, -0.1) is 0 Å². The molecule has 1 aliphatic rings. The van der Waals surface area contributed by atoms with E-state index in [-0.39, 0.29) is 6.04 Å². The van der Waals surface area contributed by atoms with Crippen molar-refractivity contribution >= 4 is 6.09 Å².